The van der Waals surface area contributed by atoms with Gasteiger partial charge in [0.1, 0.15) is 0 Å². The Morgan fingerprint density at radius 1 is 1.24 bits per heavy atom. The lowest BCUT2D eigenvalue weighted by molar-refractivity contribution is 0.394. The monoisotopic (exact) mass is 325 g/mol. The molecule has 0 aliphatic heterocycles. The third kappa shape index (κ3) is 5.02. The van der Waals surface area contributed by atoms with Crippen molar-refractivity contribution in [3.63, 3.8) is 0 Å². The van der Waals surface area contributed by atoms with Crippen molar-refractivity contribution in [1.82, 2.24) is 5.32 Å². The van der Waals surface area contributed by atoms with Gasteiger partial charge >= 0.3 is 0 Å². The van der Waals surface area contributed by atoms with Gasteiger partial charge in [-0.15, -0.1) is 0 Å². The Kier molecular flexibility index (Phi) is 6.60. The second kappa shape index (κ2) is 8.22. The Morgan fingerprint density at radius 3 is 2.62 bits per heavy atom. The highest BCUT2D eigenvalue weighted by atomic mass is 35.5. The molecule has 1 saturated carbocycles. The van der Waals surface area contributed by atoms with Gasteiger partial charge in [-0.1, -0.05) is 80.1 Å². The molecule has 1 aromatic rings. The molecule has 1 nitrogen and oxygen atoms in total. The van der Waals surface area contributed by atoms with Crippen LogP contribution in [0.3, 0.4) is 0 Å². The van der Waals surface area contributed by atoms with Crippen LogP contribution in [0.2, 0.25) is 10.0 Å². The zero-order chi connectivity index (χ0) is 15.2. The average Bonchev–Trinajstić information content (AvgIpc) is 2.48. The van der Waals surface area contributed by atoms with Crippen LogP contribution in [-0.2, 0) is 0 Å². The van der Waals surface area contributed by atoms with Gasteiger partial charge < -0.3 is 5.32 Å². The number of halogens is 2. The number of hydrogen-bond donors (Lipinski definition) is 1. The number of nitrogens with one attached hydrogen (secondary N) is 1. The minimum absolute atomic E-state index is 0.492. The Balaban J connectivity index is 2.24. The first kappa shape index (κ1) is 16.9. The van der Waals surface area contributed by atoms with E-state index in [1.807, 2.05) is 18.2 Å². The van der Waals surface area contributed by atoms with Crippen molar-refractivity contribution in [1.29, 1.82) is 0 Å². The molecule has 0 radical (unpaired) electrons. The summed E-state index contributed by atoms with van der Waals surface area (Å²) >= 11 is 12.5. The summed E-state index contributed by atoms with van der Waals surface area (Å²) in [5, 5.41) is 4.85. The minimum atomic E-state index is 0.492. The van der Waals surface area contributed by atoms with E-state index >= 15 is 0 Å². The van der Waals surface area contributed by atoms with Gasteiger partial charge in [0.25, 0.3) is 0 Å². The van der Waals surface area contributed by atoms with Crippen LogP contribution in [0.25, 0.3) is 6.08 Å². The van der Waals surface area contributed by atoms with Crippen LogP contribution in [0.15, 0.2) is 23.8 Å². The van der Waals surface area contributed by atoms with Crippen molar-refractivity contribution >= 4 is 29.3 Å². The molecular weight excluding hydrogens is 301 g/mol. The van der Waals surface area contributed by atoms with E-state index in [0.29, 0.717) is 22.0 Å². The number of rotatable bonds is 5. The molecule has 0 unspecified atom stereocenters. The lowest BCUT2D eigenvalue weighted by atomic mass is 9.83. The second-order valence-corrected chi connectivity index (χ2v) is 7.02. The first-order valence-corrected chi connectivity index (χ1v) is 8.71. The third-order valence-corrected chi connectivity index (χ3v) is 5.00. The lowest BCUT2D eigenvalue weighted by Crippen LogP contribution is -2.27. The van der Waals surface area contributed by atoms with Gasteiger partial charge in [0.2, 0.25) is 0 Å². The molecule has 1 N–H and O–H groups in total. The molecule has 116 valence electrons. The SMILES string of the molecule is CC(C)NC/C(=C/c1cccc(Cl)c1Cl)C1CCCCC1. The Morgan fingerprint density at radius 2 is 1.95 bits per heavy atom. The fourth-order valence-corrected chi connectivity index (χ4v) is 3.30. The van der Waals surface area contributed by atoms with Crippen molar-refractivity contribution in [2.24, 2.45) is 5.92 Å². The maximum absolute atomic E-state index is 6.34. The molecular formula is C18H25Cl2N. The van der Waals surface area contributed by atoms with Crippen molar-refractivity contribution in [3.05, 3.63) is 39.4 Å². The number of hydrogen-bond acceptors (Lipinski definition) is 1. The summed E-state index contributed by atoms with van der Waals surface area (Å²) in [6.45, 7) is 5.31. The minimum Gasteiger partial charge on any atom is -0.311 e. The molecule has 0 bridgehead atoms. The van der Waals surface area contributed by atoms with Crippen molar-refractivity contribution in [2.75, 3.05) is 6.54 Å². The van der Waals surface area contributed by atoms with E-state index in [-0.39, 0.29) is 0 Å². The fourth-order valence-electron chi connectivity index (χ4n) is 2.94. The summed E-state index contributed by atoms with van der Waals surface area (Å²) in [5.74, 6) is 0.681. The first-order chi connectivity index (χ1) is 10.1. The normalized spacial score (nSPS) is 17.5. The highest BCUT2D eigenvalue weighted by molar-refractivity contribution is 6.42. The largest absolute Gasteiger partial charge is 0.311 e. The molecule has 0 amide bonds. The topological polar surface area (TPSA) is 12.0 Å². The first-order valence-electron chi connectivity index (χ1n) is 7.95. The maximum Gasteiger partial charge on any atom is 0.0664 e. The lowest BCUT2D eigenvalue weighted by Gasteiger charge is -2.26. The van der Waals surface area contributed by atoms with Crippen molar-refractivity contribution < 1.29 is 0 Å². The van der Waals surface area contributed by atoms with Gasteiger partial charge in [-0.05, 0) is 30.4 Å². The maximum atomic E-state index is 6.34. The average molecular weight is 326 g/mol. The summed E-state index contributed by atoms with van der Waals surface area (Å²) in [5.41, 5.74) is 2.50. The van der Waals surface area contributed by atoms with Crippen LogP contribution in [0.5, 0.6) is 0 Å². The van der Waals surface area contributed by atoms with Crippen molar-refractivity contribution in [3.8, 4) is 0 Å². The van der Waals surface area contributed by atoms with E-state index in [0.717, 1.165) is 12.1 Å². The van der Waals surface area contributed by atoms with Gasteiger partial charge in [-0.3, -0.25) is 0 Å². The molecule has 2 rings (SSSR count). The summed E-state index contributed by atoms with van der Waals surface area (Å²) in [7, 11) is 0. The van der Waals surface area contributed by atoms with E-state index in [1.165, 1.54) is 37.7 Å². The molecule has 1 aliphatic carbocycles. The summed E-state index contributed by atoms with van der Waals surface area (Å²) in [4.78, 5) is 0. The Bertz CT molecular complexity index is 488. The zero-order valence-corrected chi connectivity index (χ0v) is 14.5. The van der Waals surface area contributed by atoms with Gasteiger partial charge in [-0.25, -0.2) is 0 Å². The summed E-state index contributed by atoms with van der Waals surface area (Å²) < 4.78 is 0. The highest BCUT2D eigenvalue weighted by Gasteiger charge is 2.18. The molecule has 1 fully saturated rings. The molecule has 1 aromatic carbocycles. The van der Waals surface area contributed by atoms with Crippen LogP contribution < -0.4 is 5.32 Å². The van der Waals surface area contributed by atoms with Crippen LogP contribution in [-0.4, -0.2) is 12.6 Å². The van der Waals surface area contributed by atoms with Crippen LogP contribution in [0.4, 0.5) is 0 Å². The fraction of sp³-hybridized carbons (Fsp3) is 0.556. The Hall–Kier alpha value is -0.500. The Labute approximate surface area is 138 Å². The van der Waals surface area contributed by atoms with Crippen molar-refractivity contribution in [2.45, 2.75) is 52.0 Å². The predicted octanol–water partition coefficient (Wildman–Crippen LogP) is 5.96. The van der Waals surface area contributed by atoms with Crippen LogP contribution in [0, 0.1) is 5.92 Å². The van der Waals surface area contributed by atoms with E-state index in [2.05, 4.69) is 25.2 Å². The molecule has 21 heavy (non-hydrogen) atoms. The van der Waals surface area contributed by atoms with Gasteiger partial charge in [-0.2, -0.15) is 0 Å². The van der Waals surface area contributed by atoms with Gasteiger partial charge in [0.05, 0.1) is 10.0 Å². The third-order valence-electron chi connectivity index (χ3n) is 4.17. The molecule has 0 aromatic heterocycles. The standard InChI is InChI=1S/C18H25Cl2N/c1-13(2)21-12-16(14-7-4-3-5-8-14)11-15-9-6-10-17(19)18(15)20/h6,9-11,13-14,21H,3-5,7-8,12H2,1-2H3/b16-11-. The molecule has 1 aliphatic rings. The number of benzene rings is 1. The molecule has 0 spiro atoms. The summed E-state index contributed by atoms with van der Waals surface area (Å²) in [6.07, 6.45) is 8.90. The molecule has 0 atom stereocenters. The van der Waals surface area contributed by atoms with Gasteiger partial charge in [0.15, 0.2) is 0 Å². The molecule has 0 heterocycles. The van der Waals surface area contributed by atoms with E-state index in [4.69, 9.17) is 23.2 Å². The molecule has 0 saturated heterocycles. The van der Waals surface area contributed by atoms with E-state index in [1.54, 1.807) is 0 Å². The second-order valence-electron chi connectivity index (χ2n) is 6.23. The van der Waals surface area contributed by atoms with Gasteiger partial charge in [0, 0.05) is 12.6 Å². The quantitative estimate of drug-likeness (QED) is 0.704. The van der Waals surface area contributed by atoms with E-state index < -0.39 is 0 Å². The summed E-state index contributed by atoms with van der Waals surface area (Å²) in [6, 6.07) is 6.35. The predicted molar refractivity (Wildman–Crippen MR) is 94.2 cm³/mol. The smallest absolute Gasteiger partial charge is 0.0664 e. The van der Waals surface area contributed by atoms with Crippen LogP contribution in [0.1, 0.15) is 51.5 Å². The highest BCUT2D eigenvalue weighted by Crippen LogP contribution is 2.33. The molecule has 3 heteroatoms. The zero-order valence-electron chi connectivity index (χ0n) is 13.0. The van der Waals surface area contributed by atoms with Crippen LogP contribution >= 0.6 is 23.2 Å². The van der Waals surface area contributed by atoms with E-state index in [9.17, 15) is 0 Å².